The van der Waals surface area contributed by atoms with Crippen LogP contribution in [-0.4, -0.2) is 28.3 Å². The molecule has 0 radical (unpaired) electrons. The van der Waals surface area contributed by atoms with Gasteiger partial charge in [0.1, 0.15) is 5.57 Å². The smallest absolute Gasteiger partial charge is 0.270 e. The highest BCUT2D eigenvalue weighted by atomic mass is 32.1. The number of carbonyl (C=O) groups excluding carboxylic acids is 2. The lowest BCUT2D eigenvalue weighted by atomic mass is 10.0. The lowest BCUT2D eigenvalue weighted by Gasteiger charge is -2.30. The minimum atomic E-state index is -0.510. The maximum Gasteiger partial charge on any atom is 0.270 e. The van der Waals surface area contributed by atoms with E-state index in [1.807, 2.05) is 74.7 Å². The Morgan fingerprint density at radius 1 is 1.00 bits per heavy atom. The molecule has 0 saturated carbocycles. The van der Waals surface area contributed by atoms with Crippen molar-refractivity contribution < 1.29 is 19.1 Å². The number of hydrogen-bond donors (Lipinski definition) is 1. The number of aromatic nitrogens is 1. The first-order valence-corrected chi connectivity index (χ1v) is 11.2. The van der Waals surface area contributed by atoms with Crippen LogP contribution < -0.4 is 19.7 Å². The molecule has 34 heavy (non-hydrogen) atoms. The summed E-state index contributed by atoms with van der Waals surface area (Å²) in [5.41, 5.74) is 6.15. The lowest BCUT2D eigenvalue weighted by molar-refractivity contribution is -0.122. The number of fused-ring (bicyclic) bond motifs is 1. The van der Waals surface area contributed by atoms with Gasteiger partial charge in [0.2, 0.25) is 6.79 Å². The molecule has 3 heterocycles. The summed E-state index contributed by atoms with van der Waals surface area (Å²) in [6, 6.07) is 13.3. The van der Waals surface area contributed by atoms with Crippen LogP contribution in [0, 0.1) is 27.7 Å². The Labute approximate surface area is 202 Å². The molecule has 0 spiro atoms. The van der Waals surface area contributed by atoms with E-state index in [0.29, 0.717) is 17.2 Å². The third-order valence-corrected chi connectivity index (χ3v) is 6.59. The predicted octanol–water partition coefficient (Wildman–Crippen LogP) is 4.27. The summed E-state index contributed by atoms with van der Waals surface area (Å²) in [5.74, 6) is 0.435. The Morgan fingerprint density at radius 2 is 1.76 bits per heavy atom. The van der Waals surface area contributed by atoms with Crippen LogP contribution in [0.2, 0.25) is 0 Å². The number of anilines is 1. The first kappa shape index (κ1) is 21.9. The zero-order valence-corrected chi connectivity index (χ0v) is 20.1. The number of ether oxygens (including phenoxy) is 2. The number of aryl methyl sites for hydroxylation is 2. The van der Waals surface area contributed by atoms with Gasteiger partial charge in [0.05, 0.1) is 5.69 Å². The van der Waals surface area contributed by atoms with Crippen LogP contribution in [0.5, 0.6) is 11.5 Å². The predicted molar refractivity (Wildman–Crippen MR) is 133 cm³/mol. The summed E-state index contributed by atoms with van der Waals surface area (Å²) < 4.78 is 13.0. The summed E-state index contributed by atoms with van der Waals surface area (Å²) in [6.45, 7) is 8.02. The number of hydrogen-bond acceptors (Lipinski definition) is 5. The van der Waals surface area contributed by atoms with Gasteiger partial charge in [-0.05, 0) is 86.9 Å². The summed E-state index contributed by atoms with van der Waals surface area (Å²) in [6.07, 6.45) is 1.63. The third kappa shape index (κ3) is 3.47. The van der Waals surface area contributed by atoms with E-state index in [1.54, 1.807) is 6.08 Å². The molecular weight excluding hydrogens is 450 g/mol. The van der Waals surface area contributed by atoms with Gasteiger partial charge in [-0.1, -0.05) is 12.1 Å². The number of benzene rings is 2. The van der Waals surface area contributed by atoms with Gasteiger partial charge in [-0.25, -0.2) is 0 Å². The van der Waals surface area contributed by atoms with Gasteiger partial charge < -0.3 is 14.0 Å². The first-order valence-electron chi connectivity index (χ1n) is 10.8. The maximum atomic E-state index is 13.5. The van der Waals surface area contributed by atoms with Crippen molar-refractivity contribution in [2.24, 2.45) is 0 Å². The van der Waals surface area contributed by atoms with Crippen LogP contribution in [0.25, 0.3) is 11.8 Å². The molecule has 5 rings (SSSR count). The van der Waals surface area contributed by atoms with Crippen molar-refractivity contribution in [3.05, 3.63) is 76.1 Å². The fraction of sp³-hybridized carbons (Fsp3) is 0.192. The topological polar surface area (TPSA) is 72.8 Å². The highest BCUT2D eigenvalue weighted by Gasteiger charge is 2.35. The molecule has 2 aromatic carbocycles. The molecule has 1 fully saturated rings. The van der Waals surface area contributed by atoms with E-state index >= 15 is 0 Å². The average molecular weight is 474 g/mol. The Kier molecular flexibility index (Phi) is 5.25. The molecule has 2 aliphatic rings. The van der Waals surface area contributed by atoms with Crippen LogP contribution in [0.15, 0.2) is 48.0 Å². The van der Waals surface area contributed by atoms with Gasteiger partial charge in [-0.3, -0.25) is 19.8 Å². The van der Waals surface area contributed by atoms with Crippen molar-refractivity contribution >= 4 is 40.9 Å². The van der Waals surface area contributed by atoms with E-state index in [4.69, 9.17) is 21.7 Å². The monoisotopic (exact) mass is 473 g/mol. The van der Waals surface area contributed by atoms with Gasteiger partial charge in [-0.2, -0.15) is 0 Å². The van der Waals surface area contributed by atoms with Crippen molar-refractivity contribution in [3.63, 3.8) is 0 Å². The van der Waals surface area contributed by atoms with E-state index in [1.165, 1.54) is 4.90 Å². The molecule has 1 saturated heterocycles. The van der Waals surface area contributed by atoms with Crippen LogP contribution in [-0.2, 0) is 9.59 Å². The van der Waals surface area contributed by atoms with Crippen LogP contribution in [0.4, 0.5) is 5.69 Å². The Bertz CT molecular complexity index is 1420. The van der Waals surface area contributed by atoms with E-state index in [9.17, 15) is 9.59 Å². The SMILES string of the molecule is Cc1cccc(N2C(=O)/C(=C/c3cc(C)n(-c4ccc5c(c4)OCO5)c3C)C(=O)NC2=S)c1C. The zero-order chi connectivity index (χ0) is 24.1. The second-order valence-corrected chi connectivity index (χ2v) is 8.76. The van der Waals surface area contributed by atoms with E-state index in [2.05, 4.69) is 5.32 Å². The van der Waals surface area contributed by atoms with Crippen molar-refractivity contribution in [2.75, 3.05) is 11.7 Å². The fourth-order valence-electron chi connectivity index (χ4n) is 4.36. The van der Waals surface area contributed by atoms with Crippen molar-refractivity contribution in [3.8, 4) is 17.2 Å². The molecule has 0 atom stereocenters. The maximum absolute atomic E-state index is 13.5. The fourth-order valence-corrected chi connectivity index (χ4v) is 4.64. The normalized spacial score (nSPS) is 16.4. The molecule has 0 bridgehead atoms. The van der Waals surface area contributed by atoms with Crippen molar-refractivity contribution in [1.29, 1.82) is 0 Å². The number of nitrogens with one attached hydrogen (secondary N) is 1. The Hall–Kier alpha value is -3.91. The summed E-state index contributed by atoms with van der Waals surface area (Å²) in [7, 11) is 0. The molecule has 8 heteroatoms. The van der Waals surface area contributed by atoms with E-state index in [-0.39, 0.29) is 17.5 Å². The van der Waals surface area contributed by atoms with Crippen molar-refractivity contribution in [1.82, 2.24) is 9.88 Å². The Morgan fingerprint density at radius 3 is 2.56 bits per heavy atom. The highest BCUT2D eigenvalue weighted by Crippen LogP contribution is 2.35. The van der Waals surface area contributed by atoms with Gasteiger partial charge in [0, 0.05) is 23.1 Å². The van der Waals surface area contributed by atoms with E-state index in [0.717, 1.165) is 33.8 Å². The second kappa shape index (κ2) is 8.14. The molecule has 172 valence electrons. The molecule has 1 aromatic heterocycles. The summed E-state index contributed by atoms with van der Waals surface area (Å²) >= 11 is 5.36. The van der Waals surface area contributed by atoms with Crippen LogP contribution in [0.1, 0.15) is 28.1 Å². The second-order valence-electron chi connectivity index (χ2n) is 8.38. The molecule has 0 aliphatic carbocycles. The molecule has 7 nitrogen and oxygen atoms in total. The average Bonchev–Trinajstić information content (AvgIpc) is 3.37. The van der Waals surface area contributed by atoms with Crippen LogP contribution >= 0.6 is 12.2 Å². The largest absolute Gasteiger partial charge is 0.454 e. The molecular formula is C26H23N3O4S. The molecule has 1 N–H and O–H groups in total. The summed E-state index contributed by atoms with van der Waals surface area (Å²) in [4.78, 5) is 27.7. The molecule has 3 aromatic rings. The molecule has 2 aliphatic heterocycles. The highest BCUT2D eigenvalue weighted by molar-refractivity contribution is 7.80. The molecule has 0 unspecified atom stereocenters. The van der Waals surface area contributed by atoms with Crippen molar-refractivity contribution in [2.45, 2.75) is 27.7 Å². The lowest BCUT2D eigenvalue weighted by Crippen LogP contribution is -2.54. The molecule has 2 amide bonds. The quantitative estimate of drug-likeness (QED) is 0.349. The first-order chi connectivity index (χ1) is 16.3. The number of amides is 2. The summed E-state index contributed by atoms with van der Waals surface area (Å²) in [5, 5.41) is 2.74. The minimum absolute atomic E-state index is 0.0282. The zero-order valence-electron chi connectivity index (χ0n) is 19.3. The third-order valence-electron chi connectivity index (χ3n) is 6.30. The van der Waals surface area contributed by atoms with Gasteiger partial charge in [0.25, 0.3) is 11.8 Å². The number of carbonyl (C=O) groups is 2. The van der Waals surface area contributed by atoms with E-state index < -0.39 is 11.8 Å². The number of nitrogens with zero attached hydrogens (tertiary/aromatic N) is 2. The van der Waals surface area contributed by atoms with Crippen LogP contribution in [0.3, 0.4) is 0 Å². The Balaban J connectivity index is 1.56. The number of rotatable bonds is 3. The standard InChI is InChI=1S/C26H23N3O4S/c1-14-6-5-7-21(16(14)3)29-25(31)20(24(30)27-26(29)34)11-18-10-15(2)28(17(18)4)19-8-9-22-23(12-19)33-13-32-22/h5-12H,13H2,1-4H3,(H,27,30,34)/b20-11+. The van der Waals surface area contributed by atoms with Gasteiger partial charge in [0.15, 0.2) is 16.6 Å². The number of thiocarbonyl (C=S) groups is 1. The van der Waals surface area contributed by atoms with Gasteiger partial charge in [-0.15, -0.1) is 0 Å². The van der Waals surface area contributed by atoms with Gasteiger partial charge >= 0.3 is 0 Å². The minimum Gasteiger partial charge on any atom is -0.454 e.